The lowest BCUT2D eigenvalue weighted by molar-refractivity contribution is -0.142. The monoisotopic (exact) mass is 278 g/mol. The summed E-state index contributed by atoms with van der Waals surface area (Å²) >= 11 is 9.53. The van der Waals surface area contributed by atoms with Gasteiger partial charge >= 0.3 is 5.97 Å². The number of carboxylic acid groups (broad SMARTS) is 1. The Hall–Kier alpha value is -0.0300. The molecule has 0 spiro atoms. The molecule has 0 aliphatic rings. The third-order valence-electron chi connectivity index (χ3n) is 1.75. The summed E-state index contributed by atoms with van der Waals surface area (Å²) in [7, 11) is 1.00. The van der Waals surface area contributed by atoms with Crippen molar-refractivity contribution in [2.24, 2.45) is 5.92 Å². The van der Waals surface area contributed by atoms with E-state index in [2.05, 4.69) is 6.92 Å². The molecule has 16 heavy (non-hydrogen) atoms. The minimum atomic E-state index is -0.643. The predicted octanol–water partition coefficient (Wildman–Crippen LogP) is 2.49. The fourth-order valence-corrected chi connectivity index (χ4v) is 0.953. The van der Waals surface area contributed by atoms with Crippen LogP contribution < -0.4 is 0 Å². The second-order valence-electron chi connectivity index (χ2n) is 2.69. The average Bonchev–Trinajstić information content (AvgIpc) is 2.23. The molecule has 0 heterocycles. The lowest BCUT2D eigenvalue weighted by Gasteiger charge is -2.06. The van der Waals surface area contributed by atoms with Crippen molar-refractivity contribution in [3.63, 3.8) is 0 Å². The molecule has 0 bridgehead atoms. The Bertz CT molecular complexity index is 123. The first-order chi connectivity index (χ1) is 7.13. The van der Waals surface area contributed by atoms with Gasteiger partial charge in [-0.2, -0.15) is 0 Å². The fourth-order valence-electron chi connectivity index (χ4n) is 0.953. The summed E-state index contributed by atoms with van der Waals surface area (Å²) in [4.78, 5) is 10.4. The highest BCUT2D eigenvalue weighted by Gasteiger charge is 2.12. The molecule has 1 atom stereocenters. The number of rotatable bonds is 5. The molecule has 6 heteroatoms. The first-order valence-electron chi connectivity index (χ1n) is 4.93. The molecule has 4 N–H and O–H groups in total. The zero-order valence-corrected chi connectivity index (χ0v) is 11.7. The molecule has 0 fully saturated rings. The minimum absolute atomic E-state index is 0. The Morgan fingerprint density at radius 1 is 1.25 bits per heavy atom. The summed E-state index contributed by atoms with van der Waals surface area (Å²) < 4.78 is 0. The highest BCUT2D eigenvalue weighted by molar-refractivity contribution is 6.40. The van der Waals surface area contributed by atoms with Crippen molar-refractivity contribution in [2.45, 2.75) is 39.5 Å². The number of aliphatic hydroxyl groups excluding tert-OH is 1. The van der Waals surface area contributed by atoms with E-state index in [1.165, 1.54) is 0 Å². The second-order valence-corrected chi connectivity index (χ2v) is 3.49. The molecular weight excluding hydrogens is 255 g/mol. The van der Waals surface area contributed by atoms with Crippen molar-refractivity contribution in [3.8, 4) is 0 Å². The Balaban J connectivity index is -0.000000104. The number of halogens is 2. The molecule has 0 rings (SSSR count). The van der Waals surface area contributed by atoms with Crippen LogP contribution in [0.3, 0.4) is 0 Å². The van der Waals surface area contributed by atoms with Gasteiger partial charge in [-0.25, -0.2) is 0 Å². The van der Waals surface area contributed by atoms with Gasteiger partial charge in [0.05, 0.1) is 11.3 Å². The topological polar surface area (TPSA) is 89.0 Å². The van der Waals surface area contributed by atoms with Crippen LogP contribution >= 0.6 is 23.2 Å². The number of carbonyl (C=O) groups is 1. The number of hydrogen-bond acceptors (Lipinski definition) is 2. The van der Waals surface area contributed by atoms with Crippen LogP contribution in [0.15, 0.2) is 0 Å². The van der Waals surface area contributed by atoms with Gasteiger partial charge in [-0.15, -0.1) is 23.2 Å². The summed E-state index contributed by atoms with van der Waals surface area (Å²) in [6.07, 6.45) is 3.71. The molecule has 102 valence electrons. The first kappa shape index (κ1) is 25.0. The van der Waals surface area contributed by atoms with Crippen molar-refractivity contribution in [3.05, 3.63) is 0 Å². The van der Waals surface area contributed by atoms with Gasteiger partial charge in [0.15, 0.2) is 0 Å². The summed E-state index contributed by atoms with van der Waals surface area (Å²) in [5.74, 6) is -0.754. The zero-order valence-electron chi connectivity index (χ0n) is 10.2. The number of aliphatic carboxylic acids is 1. The maximum absolute atomic E-state index is 10.4. The molecular formula is C10H24Cl2O4. The Morgan fingerprint density at radius 2 is 1.62 bits per heavy atom. The largest absolute Gasteiger partial charge is 0.481 e. The van der Waals surface area contributed by atoms with Crippen LogP contribution in [0.25, 0.3) is 0 Å². The van der Waals surface area contributed by atoms with Gasteiger partial charge in [-0.05, 0) is 12.8 Å². The number of carboxylic acids is 1. The number of unbranched alkanes of at least 4 members (excludes halogenated alkanes) is 1. The zero-order chi connectivity index (χ0) is 12.7. The summed E-state index contributed by atoms with van der Waals surface area (Å²) in [6, 6.07) is 0. The van der Waals surface area contributed by atoms with E-state index >= 15 is 0 Å². The van der Waals surface area contributed by atoms with E-state index in [4.69, 9.17) is 33.4 Å². The number of hydrogen-bond donors (Lipinski definition) is 2. The normalized spacial score (nSPS) is 9.62. The maximum atomic E-state index is 10.4. The molecule has 0 aromatic rings. The average molecular weight is 279 g/mol. The van der Waals surface area contributed by atoms with Gasteiger partial charge in [-0.1, -0.05) is 26.7 Å². The van der Waals surface area contributed by atoms with E-state index in [0.29, 0.717) is 0 Å². The van der Waals surface area contributed by atoms with Crippen LogP contribution in [0, 0.1) is 5.92 Å². The van der Waals surface area contributed by atoms with Crippen LogP contribution in [0.4, 0.5) is 0 Å². The van der Waals surface area contributed by atoms with Crippen LogP contribution in [-0.2, 0) is 4.79 Å². The van der Waals surface area contributed by atoms with E-state index in [1.54, 1.807) is 0 Å². The standard InChI is InChI=1S/C8H16O2.CH2Cl2.CH4O.H2O/c1-3-5-6-7(4-2)8(9)10;2-1-3;1-2;/h7H,3-6H2,1-2H3,(H,9,10);1H2;2H,1H3;1H2. The summed E-state index contributed by atoms with van der Waals surface area (Å²) in [5.41, 5.74) is 0. The summed E-state index contributed by atoms with van der Waals surface area (Å²) in [5, 5.41) is 15.8. The van der Waals surface area contributed by atoms with Gasteiger partial charge in [-0.3, -0.25) is 4.79 Å². The van der Waals surface area contributed by atoms with Crippen LogP contribution in [0.1, 0.15) is 39.5 Å². The van der Waals surface area contributed by atoms with Crippen molar-refractivity contribution in [1.82, 2.24) is 0 Å². The third kappa shape index (κ3) is 23.6. The minimum Gasteiger partial charge on any atom is -0.481 e. The van der Waals surface area contributed by atoms with Gasteiger partial charge in [0.1, 0.15) is 0 Å². The quantitative estimate of drug-likeness (QED) is 0.758. The summed E-state index contributed by atoms with van der Waals surface area (Å²) in [6.45, 7) is 4.00. The van der Waals surface area contributed by atoms with Crippen molar-refractivity contribution in [2.75, 3.05) is 12.4 Å². The molecule has 0 aromatic carbocycles. The Morgan fingerprint density at radius 3 is 1.81 bits per heavy atom. The molecule has 0 saturated heterocycles. The lowest BCUT2D eigenvalue weighted by Crippen LogP contribution is -2.11. The van der Waals surface area contributed by atoms with Crippen LogP contribution in [0.5, 0.6) is 0 Å². The molecule has 1 unspecified atom stereocenters. The molecule has 0 saturated carbocycles. The van der Waals surface area contributed by atoms with Crippen LogP contribution in [-0.4, -0.2) is 34.1 Å². The molecule has 0 radical (unpaired) electrons. The molecule has 0 aromatic heterocycles. The maximum Gasteiger partial charge on any atom is 0.306 e. The van der Waals surface area contributed by atoms with Crippen LogP contribution in [0.2, 0.25) is 0 Å². The fraction of sp³-hybridized carbons (Fsp3) is 0.900. The molecule has 0 amide bonds. The third-order valence-corrected chi connectivity index (χ3v) is 1.75. The van der Waals surface area contributed by atoms with Crippen molar-refractivity contribution < 1.29 is 20.5 Å². The number of aliphatic hydroxyl groups is 1. The Labute approximate surface area is 108 Å². The SMILES string of the molecule is CCCCC(CC)C(=O)O.CO.ClCCl.O. The van der Waals surface area contributed by atoms with Crippen molar-refractivity contribution >= 4 is 29.2 Å². The van der Waals surface area contributed by atoms with E-state index in [9.17, 15) is 4.79 Å². The predicted molar refractivity (Wildman–Crippen MR) is 69.3 cm³/mol. The highest BCUT2D eigenvalue weighted by atomic mass is 35.5. The van der Waals surface area contributed by atoms with Gasteiger partial charge < -0.3 is 15.7 Å². The van der Waals surface area contributed by atoms with E-state index in [1.807, 2.05) is 6.92 Å². The Kier molecular flexibility index (Phi) is 37.9. The van der Waals surface area contributed by atoms with E-state index in [-0.39, 0.29) is 16.7 Å². The van der Waals surface area contributed by atoms with Gasteiger partial charge in [0.25, 0.3) is 0 Å². The smallest absolute Gasteiger partial charge is 0.306 e. The lowest BCUT2D eigenvalue weighted by atomic mass is 10.00. The second kappa shape index (κ2) is 24.3. The first-order valence-corrected chi connectivity index (χ1v) is 6.00. The number of alkyl halides is 2. The van der Waals surface area contributed by atoms with Gasteiger partial charge in [0.2, 0.25) is 0 Å². The van der Waals surface area contributed by atoms with E-state index < -0.39 is 5.97 Å². The highest BCUT2D eigenvalue weighted by Crippen LogP contribution is 2.11. The molecule has 0 aliphatic carbocycles. The van der Waals surface area contributed by atoms with Crippen molar-refractivity contribution in [1.29, 1.82) is 0 Å². The molecule has 0 aliphatic heterocycles. The molecule has 4 nitrogen and oxygen atoms in total. The van der Waals surface area contributed by atoms with Gasteiger partial charge in [0, 0.05) is 7.11 Å². The van der Waals surface area contributed by atoms with E-state index in [0.717, 1.165) is 32.8 Å².